The lowest BCUT2D eigenvalue weighted by Crippen LogP contribution is -2.29. The summed E-state index contributed by atoms with van der Waals surface area (Å²) in [6, 6.07) is 0. The van der Waals surface area contributed by atoms with Gasteiger partial charge in [0.2, 0.25) is 0 Å². The summed E-state index contributed by atoms with van der Waals surface area (Å²) < 4.78 is 1.98. The molecule has 0 aliphatic carbocycles. The van der Waals surface area contributed by atoms with Gasteiger partial charge < -0.3 is 10.2 Å². The Labute approximate surface area is 130 Å². The first-order valence-electron chi connectivity index (χ1n) is 8.62. The predicted molar refractivity (Wildman–Crippen MR) is 88.3 cm³/mol. The Morgan fingerprint density at radius 3 is 2.38 bits per heavy atom. The van der Waals surface area contributed by atoms with Crippen LogP contribution in [-0.4, -0.2) is 46.1 Å². The fourth-order valence-corrected chi connectivity index (χ4v) is 2.26. The van der Waals surface area contributed by atoms with Gasteiger partial charge in [-0.15, -0.1) is 5.10 Å². The van der Waals surface area contributed by atoms with E-state index in [1.807, 2.05) is 4.68 Å². The lowest BCUT2D eigenvalue weighted by Gasteiger charge is -2.21. The first-order chi connectivity index (χ1) is 10.3. The van der Waals surface area contributed by atoms with Crippen molar-refractivity contribution in [2.24, 2.45) is 0 Å². The Bertz CT molecular complexity index is 342. The molecule has 21 heavy (non-hydrogen) atoms. The van der Waals surface area contributed by atoms with E-state index in [9.17, 15) is 0 Å². The second kappa shape index (κ2) is 11.7. The van der Waals surface area contributed by atoms with Gasteiger partial charge in [-0.1, -0.05) is 38.8 Å². The molecule has 5 heteroatoms. The summed E-state index contributed by atoms with van der Waals surface area (Å²) in [5.41, 5.74) is 1.04. The molecule has 0 aromatic carbocycles. The van der Waals surface area contributed by atoms with Gasteiger partial charge in [-0.25, -0.2) is 0 Å². The van der Waals surface area contributed by atoms with Gasteiger partial charge in [0.05, 0.1) is 12.2 Å². The van der Waals surface area contributed by atoms with E-state index in [4.69, 9.17) is 0 Å². The van der Waals surface area contributed by atoms with Crippen LogP contribution < -0.4 is 5.32 Å². The van der Waals surface area contributed by atoms with Crippen LogP contribution in [0, 0.1) is 0 Å². The molecule has 1 aromatic rings. The first-order valence-corrected chi connectivity index (χ1v) is 8.62. The largest absolute Gasteiger partial charge is 0.311 e. The summed E-state index contributed by atoms with van der Waals surface area (Å²) in [7, 11) is 0. The summed E-state index contributed by atoms with van der Waals surface area (Å²) in [4.78, 5) is 2.56. The van der Waals surface area contributed by atoms with Crippen molar-refractivity contribution in [1.29, 1.82) is 0 Å². The summed E-state index contributed by atoms with van der Waals surface area (Å²) in [5, 5.41) is 11.8. The Morgan fingerprint density at radius 2 is 1.76 bits per heavy atom. The zero-order chi connectivity index (χ0) is 15.3. The minimum Gasteiger partial charge on any atom is -0.311 e. The number of hydrogen-bond acceptors (Lipinski definition) is 4. The molecule has 5 nitrogen and oxygen atoms in total. The smallest absolute Gasteiger partial charge is 0.0964 e. The number of unbranched alkanes of at least 4 members (excludes halogenated alkanes) is 2. The highest BCUT2D eigenvalue weighted by Crippen LogP contribution is 2.00. The Hall–Kier alpha value is -0.940. The van der Waals surface area contributed by atoms with Crippen LogP contribution >= 0.6 is 0 Å². The van der Waals surface area contributed by atoms with E-state index >= 15 is 0 Å². The van der Waals surface area contributed by atoms with Crippen molar-refractivity contribution < 1.29 is 0 Å². The van der Waals surface area contributed by atoms with Crippen LogP contribution in [-0.2, 0) is 13.1 Å². The van der Waals surface area contributed by atoms with Crippen molar-refractivity contribution in [2.75, 3.05) is 26.2 Å². The molecule has 0 aliphatic rings. The average Bonchev–Trinajstić information content (AvgIpc) is 2.95. The number of hydrogen-bond donors (Lipinski definition) is 1. The summed E-state index contributed by atoms with van der Waals surface area (Å²) in [5.74, 6) is 0. The number of nitrogens with zero attached hydrogens (tertiary/aromatic N) is 4. The molecule has 1 aromatic heterocycles. The third-order valence-corrected chi connectivity index (χ3v) is 3.62. The second-order valence-electron chi connectivity index (χ2n) is 5.70. The fourth-order valence-electron chi connectivity index (χ4n) is 2.26. The summed E-state index contributed by atoms with van der Waals surface area (Å²) >= 11 is 0. The van der Waals surface area contributed by atoms with Gasteiger partial charge in [0.25, 0.3) is 0 Å². The van der Waals surface area contributed by atoms with Gasteiger partial charge in [0.1, 0.15) is 0 Å². The van der Waals surface area contributed by atoms with Crippen LogP contribution in [0.5, 0.6) is 0 Å². The molecule has 0 saturated carbocycles. The van der Waals surface area contributed by atoms with Gasteiger partial charge in [0, 0.05) is 19.3 Å². The molecule has 122 valence electrons. The lowest BCUT2D eigenvalue weighted by atomic mass is 10.2. The summed E-state index contributed by atoms with van der Waals surface area (Å²) in [6.07, 6.45) is 8.32. The van der Waals surface area contributed by atoms with Crippen LogP contribution in [0.4, 0.5) is 0 Å². The second-order valence-corrected chi connectivity index (χ2v) is 5.70. The fraction of sp³-hybridized carbons (Fsp3) is 0.875. The zero-order valence-corrected chi connectivity index (χ0v) is 14.1. The van der Waals surface area contributed by atoms with E-state index in [1.54, 1.807) is 0 Å². The molecule has 0 atom stereocenters. The molecule has 1 rings (SSSR count). The highest BCUT2D eigenvalue weighted by molar-refractivity contribution is 4.91. The predicted octanol–water partition coefficient (Wildman–Crippen LogP) is 2.68. The van der Waals surface area contributed by atoms with E-state index in [-0.39, 0.29) is 0 Å². The van der Waals surface area contributed by atoms with Gasteiger partial charge in [0.15, 0.2) is 0 Å². The molecule has 0 fully saturated rings. The van der Waals surface area contributed by atoms with Crippen LogP contribution in [0.25, 0.3) is 0 Å². The molecule has 0 saturated heterocycles. The van der Waals surface area contributed by atoms with Crippen molar-refractivity contribution in [2.45, 2.75) is 66.0 Å². The molecule has 0 unspecified atom stereocenters. The normalized spacial score (nSPS) is 11.4. The Morgan fingerprint density at radius 1 is 1.05 bits per heavy atom. The van der Waals surface area contributed by atoms with E-state index in [0.717, 1.165) is 38.3 Å². The maximum atomic E-state index is 4.23. The van der Waals surface area contributed by atoms with Crippen molar-refractivity contribution >= 4 is 0 Å². The van der Waals surface area contributed by atoms with Gasteiger partial charge in [-0.2, -0.15) is 0 Å². The highest BCUT2D eigenvalue weighted by atomic mass is 15.4. The van der Waals surface area contributed by atoms with Crippen LogP contribution in [0.2, 0.25) is 0 Å². The standard InChI is InChI=1S/C16H33N5/c1-4-7-10-20(11-8-5-2)12-13-21-15-16(18-19-21)14-17-9-6-3/h15,17H,4-14H2,1-3H3. The topological polar surface area (TPSA) is 46.0 Å². The minimum atomic E-state index is 0.823. The van der Waals surface area contributed by atoms with Crippen molar-refractivity contribution in [3.63, 3.8) is 0 Å². The van der Waals surface area contributed by atoms with Crippen LogP contribution in [0.15, 0.2) is 6.20 Å². The number of nitrogens with one attached hydrogen (secondary N) is 1. The molecular formula is C16H33N5. The molecule has 0 radical (unpaired) electrons. The molecule has 1 N–H and O–H groups in total. The van der Waals surface area contributed by atoms with Gasteiger partial charge in [-0.05, 0) is 38.9 Å². The Balaban J connectivity index is 2.32. The molecule has 0 spiro atoms. The van der Waals surface area contributed by atoms with Crippen LogP contribution in [0.1, 0.15) is 58.6 Å². The van der Waals surface area contributed by atoms with E-state index in [0.29, 0.717) is 0 Å². The molecule has 1 heterocycles. The Kier molecular flexibility index (Phi) is 10.1. The minimum absolute atomic E-state index is 0.823. The summed E-state index contributed by atoms with van der Waals surface area (Å²) in [6.45, 7) is 13.0. The number of rotatable bonds is 13. The molecule has 0 aliphatic heterocycles. The quantitative estimate of drug-likeness (QED) is 0.568. The third kappa shape index (κ3) is 8.17. The van der Waals surface area contributed by atoms with Crippen molar-refractivity contribution in [3.8, 4) is 0 Å². The van der Waals surface area contributed by atoms with Crippen molar-refractivity contribution in [3.05, 3.63) is 11.9 Å². The monoisotopic (exact) mass is 295 g/mol. The first kappa shape index (κ1) is 18.1. The lowest BCUT2D eigenvalue weighted by molar-refractivity contribution is 0.250. The van der Waals surface area contributed by atoms with Gasteiger partial charge in [-0.3, -0.25) is 4.68 Å². The highest BCUT2D eigenvalue weighted by Gasteiger charge is 2.06. The van der Waals surface area contributed by atoms with E-state index in [2.05, 4.69) is 47.5 Å². The third-order valence-electron chi connectivity index (χ3n) is 3.62. The number of aromatic nitrogens is 3. The maximum Gasteiger partial charge on any atom is 0.0964 e. The average molecular weight is 295 g/mol. The maximum absolute atomic E-state index is 4.23. The molecular weight excluding hydrogens is 262 g/mol. The van der Waals surface area contributed by atoms with Crippen LogP contribution in [0.3, 0.4) is 0 Å². The molecule has 0 amide bonds. The van der Waals surface area contributed by atoms with Gasteiger partial charge >= 0.3 is 0 Å². The van der Waals surface area contributed by atoms with E-state index < -0.39 is 0 Å². The molecule has 0 bridgehead atoms. The zero-order valence-electron chi connectivity index (χ0n) is 14.1. The van der Waals surface area contributed by atoms with E-state index in [1.165, 1.54) is 38.8 Å². The SMILES string of the molecule is CCCCN(CCCC)CCn1cc(CNCCC)nn1. The van der Waals surface area contributed by atoms with Crippen molar-refractivity contribution in [1.82, 2.24) is 25.2 Å².